The van der Waals surface area contributed by atoms with Gasteiger partial charge in [-0.25, -0.2) is 4.79 Å². The summed E-state index contributed by atoms with van der Waals surface area (Å²) in [6.07, 6.45) is 0.519. The second-order valence-electron chi connectivity index (χ2n) is 9.94. The number of nitrogens with two attached hydrogens (primary N) is 2. The summed E-state index contributed by atoms with van der Waals surface area (Å²) in [5.74, 6) is -4.18. The van der Waals surface area contributed by atoms with Crippen LogP contribution in [0.1, 0.15) is 58.9 Å². The number of amides is 4. The second kappa shape index (κ2) is 15.6. The molecule has 4 amide bonds. The van der Waals surface area contributed by atoms with Crippen LogP contribution >= 0.6 is 0 Å². The van der Waals surface area contributed by atoms with Gasteiger partial charge in [0.1, 0.15) is 23.9 Å². The van der Waals surface area contributed by atoms with Gasteiger partial charge in [-0.05, 0) is 42.4 Å². The van der Waals surface area contributed by atoms with Gasteiger partial charge in [-0.2, -0.15) is 0 Å². The summed E-state index contributed by atoms with van der Waals surface area (Å²) in [4.78, 5) is 62.1. The zero-order valence-corrected chi connectivity index (χ0v) is 22.4. The average Bonchev–Trinajstić information content (AvgIpc) is 2.84. The van der Waals surface area contributed by atoms with E-state index in [1.165, 1.54) is 12.1 Å². The summed E-state index contributed by atoms with van der Waals surface area (Å²) in [7, 11) is 0. The van der Waals surface area contributed by atoms with E-state index >= 15 is 0 Å². The molecule has 0 aliphatic rings. The molecule has 9 N–H and O–H groups in total. The molecule has 5 unspecified atom stereocenters. The first kappa shape index (κ1) is 32.4. The lowest BCUT2D eigenvalue weighted by molar-refractivity contribution is -0.142. The molecule has 1 aromatic carbocycles. The molecular formula is C26H41N5O7. The van der Waals surface area contributed by atoms with Gasteiger partial charge in [0.2, 0.25) is 23.6 Å². The first-order valence-electron chi connectivity index (χ1n) is 12.7. The lowest BCUT2D eigenvalue weighted by atomic mass is 9.96. The van der Waals surface area contributed by atoms with Crippen molar-refractivity contribution in [3.8, 4) is 5.75 Å². The van der Waals surface area contributed by atoms with Crippen molar-refractivity contribution in [3.63, 3.8) is 0 Å². The summed E-state index contributed by atoms with van der Waals surface area (Å²) < 4.78 is 0. The van der Waals surface area contributed by atoms with Gasteiger partial charge < -0.3 is 37.6 Å². The normalized spacial score (nSPS) is 15.0. The van der Waals surface area contributed by atoms with Gasteiger partial charge in [0.15, 0.2) is 0 Å². The molecular weight excluding hydrogens is 494 g/mol. The number of carbonyl (C=O) groups is 5. The number of rotatable bonds is 16. The van der Waals surface area contributed by atoms with Crippen LogP contribution in [0, 0.1) is 11.8 Å². The Morgan fingerprint density at radius 3 is 1.97 bits per heavy atom. The van der Waals surface area contributed by atoms with Gasteiger partial charge in [0.25, 0.3) is 0 Å². The molecule has 0 heterocycles. The minimum Gasteiger partial charge on any atom is -0.508 e. The predicted molar refractivity (Wildman–Crippen MR) is 141 cm³/mol. The lowest BCUT2D eigenvalue weighted by Gasteiger charge is -2.28. The molecule has 5 atom stereocenters. The first-order valence-corrected chi connectivity index (χ1v) is 12.7. The number of carboxylic acid groups (broad SMARTS) is 1. The Labute approximate surface area is 222 Å². The molecule has 12 nitrogen and oxygen atoms in total. The van der Waals surface area contributed by atoms with Gasteiger partial charge in [-0.15, -0.1) is 0 Å². The highest BCUT2D eigenvalue weighted by atomic mass is 16.4. The maximum absolute atomic E-state index is 13.2. The van der Waals surface area contributed by atoms with Crippen molar-refractivity contribution in [3.05, 3.63) is 29.8 Å². The Bertz CT molecular complexity index is 967. The van der Waals surface area contributed by atoms with Crippen LogP contribution in [0.4, 0.5) is 0 Å². The van der Waals surface area contributed by atoms with Crippen molar-refractivity contribution in [1.82, 2.24) is 16.0 Å². The fraction of sp³-hybridized carbons (Fsp3) is 0.577. The maximum atomic E-state index is 13.2. The van der Waals surface area contributed by atoms with E-state index in [1.807, 2.05) is 13.8 Å². The smallest absolute Gasteiger partial charge is 0.326 e. The van der Waals surface area contributed by atoms with Crippen molar-refractivity contribution in [2.75, 3.05) is 0 Å². The van der Waals surface area contributed by atoms with E-state index in [0.717, 1.165) is 0 Å². The van der Waals surface area contributed by atoms with Crippen molar-refractivity contribution >= 4 is 29.6 Å². The van der Waals surface area contributed by atoms with Crippen LogP contribution in [0.5, 0.6) is 5.75 Å². The largest absolute Gasteiger partial charge is 0.508 e. The van der Waals surface area contributed by atoms with Gasteiger partial charge in [0, 0.05) is 12.8 Å². The van der Waals surface area contributed by atoms with E-state index in [2.05, 4.69) is 16.0 Å². The predicted octanol–water partition coefficient (Wildman–Crippen LogP) is 0.159. The number of carboxylic acids is 1. The highest BCUT2D eigenvalue weighted by Gasteiger charge is 2.33. The van der Waals surface area contributed by atoms with Gasteiger partial charge in [-0.3, -0.25) is 19.2 Å². The van der Waals surface area contributed by atoms with Gasteiger partial charge in [-0.1, -0.05) is 46.2 Å². The third-order valence-corrected chi connectivity index (χ3v) is 6.16. The molecule has 0 bridgehead atoms. The number of primary amides is 1. The lowest BCUT2D eigenvalue weighted by Crippen LogP contribution is -2.59. The van der Waals surface area contributed by atoms with Crippen molar-refractivity contribution in [2.45, 2.75) is 84.0 Å². The number of nitrogens with one attached hydrogen (secondary N) is 3. The summed E-state index contributed by atoms with van der Waals surface area (Å²) in [6, 6.07) is 1.44. The molecule has 0 aliphatic heterocycles. The van der Waals surface area contributed by atoms with E-state index in [1.54, 1.807) is 26.0 Å². The van der Waals surface area contributed by atoms with Crippen LogP contribution < -0.4 is 27.4 Å². The zero-order valence-electron chi connectivity index (χ0n) is 22.4. The second-order valence-corrected chi connectivity index (χ2v) is 9.94. The summed E-state index contributed by atoms with van der Waals surface area (Å²) in [5, 5.41) is 26.7. The van der Waals surface area contributed by atoms with Crippen LogP contribution in [-0.2, 0) is 30.4 Å². The zero-order chi connectivity index (χ0) is 29.0. The highest BCUT2D eigenvalue weighted by Crippen LogP contribution is 2.14. The standard InChI is InChI=1S/C26H41N5O7/c1-5-15(4)22(25(36)30-20(26(37)38)13-16-6-8-17(32)9-7-16)31-24(35)19(10-11-21(28)33)29-23(34)18(27)12-14(2)3/h6-9,14-15,18-20,22,32H,5,10-13,27H2,1-4H3,(H2,28,33)(H,29,34)(H,30,36)(H,31,35)(H,37,38). The number of carbonyl (C=O) groups excluding carboxylic acids is 4. The highest BCUT2D eigenvalue weighted by molar-refractivity contribution is 5.94. The monoisotopic (exact) mass is 535 g/mol. The van der Waals surface area contributed by atoms with E-state index in [9.17, 15) is 34.2 Å². The Balaban J connectivity index is 3.06. The summed E-state index contributed by atoms with van der Waals surface area (Å²) in [5.41, 5.74) is 11.7. The minimum atomic E-state index is -1.30. The Morgan fingerprint density at radius 1 is 0.895 bits per heavy atom. The van der Waals surface area contributed by atoms with Gasteiger partial charge in [0.05, 0.1) is 6.04 Å². The Morgan fingerprint density at radius 2 is 1.47 bits per heavy atom. The van der Waals surface area contributed by atoms with Crippen LogP contribution in [0.25, 0.3) is 0 Å². The quantitative estimate of drug-likeness (QED) is 0.154. The van der Waals surface area contributed by atoms with Crippen LogP contribution in [-0.4, -0.2) is 64.0 Å². The number of phenols is 1. The molecule has 0 fully saturated rings. The molecule has 0 aliphatic carbocycles. The minimum absolute atomic E-state index is 0.0207. The van der Waals surface area contributed by atoms with Crippen molar-refractivity contribution in [1.29, 1.82) is 0 Å². The number of hydrogen-bond donors (Lipinski definition) is 7. The molecule has 1 aromatic rings. The molecule has 0 radical (unpaired) electrons. The van der Waals surface area contributed by atoms with Crippen LogP contribution in [0.3, 0.4) is 0 Å². The van der Waals surface area contributed by atoms with E-state index in [-0.39, 0.29) is 30.9 Å². The molecule has 0 aromatic heterocycles. The van der Waals surface area contributed by atoms with E-state index in [0.29, 0.717) is 18.4 Å². The summed E-state index contributed by atoms with van der Waals surface area (Å²) in [6.45, 7) is 7.31. The van der Waals surface area contributed by atoms with Gasteiger partial charge >= 0.3 is 5.97 Å². The molecule has 212 valence electrons. The molecule has 38 heavy (non-hydrogen) atoms. The average molecular weight is 536 g/mol. The Kier molecular flexibility index (Phi) is 13.2. The first-order chi connectivity index (χ1) is 17.7. The SMILES string of the molecule is CCC(C)C(NC(=O)C(CCC(N)=O)NC(=O)C(N)CC(C)C)C(=O)NC(Cc1ccc(O)cc1)C(=O)O. The number of hydrogen-bond acceptors (Lipinski definition) is 7. The molecule has 12 heteroatoms. The van der Waals surface area contributed by atoms with E-state index in [4.69, 9.17) is 11.5 Å². The van der Waals surface area contributed by atoms with E-state index < -0.39 is 59.7 Å². The number of aromatic hydroxyl groups is 1. The third kappa shape index (κ3) is 11.2. The number of benzene rings is 1. The van der Waals surface area contributed by atoms with Crippen LogP contribution in [0.15, 0.2) is 24.3 Å². The number of phenolic OH excluding ortho intramolecular Hbond substituents is 1. The maximum Gasteiger partial charge on any atom is 0.326 e. The molecule has 1 rings (SSSR count). The molecule has 0 saturated carbocycles. The topological polar surface area (TPSA) is 214 Å². The van der Waals surface area contributed by atoms with Crippen molar-refractivity contribution in [2.24, 2.45) is 23.3 Å². The molecule has 0 saturated heterocycles. The summed E-state index contributed by atoms with van der Waals surface area (Å²) >= 11 is 0. The molecule has 0 spiro atoms. The van der Waals surface area contributed by atoms with Crippen LogP contribution in [0.2, 0.25) is 0 Å². The third-order valence-electron chi connectivity index (χ3n) is 6.16. The number of aliphatic carboxylic acids is 1. The Hall–Kier alpha value is -3.67. The fourth-order valence-corrected chi connectivity index (χ4v) is 3.73. The van der Waals surface area contributed by atoms with Crippen molar-refractivity contribution < 1.29 is 34.2 Å². The fourth-order valence-electron chi connectivity index (χ4n) is 3.73.